The maximum atomic E-state index is 12.7. The van der Waals surface area contributed by atoms with Gasteiger partial charge in [-0.3, -0.25) is 0 Å². The molecular formula is C14H20FN3O. The van der Waals surface area contributed by atoms with Gasteiger partial charge in [-0.2, -0.15) is 0 Å². The van der Waals surface area contributed by atoms with Crippen LogP contribution in [0.3, 0.4) is 0 Å². The van der Waals surface area contributed by atoms with Gasteiger partial charge < -0.3 is 16.0 Å². The molecule has 1 aliphatic rings. The smallest absolute Gasteiger partial charge is 0.315 e. The van der Waals surface area contributed by atoms with E-state index in [1.165, 1.54) is 25.0 Å². The number of urea groups is 1. The average Bonchev–Trinajstić information content (AvgIpc) is 2.45. The highest BCUT2D eigenvalue weighted by atomic mass is 19.1. The van der Waals surface area contributed by atoms with Crippen LogP contribution in [0, 0.1) is 5.82 Å². The molecule has 3 N–H and O–H groups in total. The lowest BCUT2D eigenvalue weighted by molar-refractivity contribution is 0.238. The number of halogens is 1. The van der Waals surface area contributed by atoms with Crippen molar-refractivity contribution in [2.75, 3.05) is 13.1 Å². The summed E-state index contributed by atoms with van der Waals surface area (Å²) in [5.74, 6) is -0.267. The van der Waals surface area contributed by atoms with Crippen molar-refractivity contribution in [3.8, 4) is 0 Å². The van der Waals surface area contributed by atoms with E-state index in [4.69, 9.17) is 0 Å². The summed E-state index contributed by atoms with van der Waals surface area (Å²) >= 11 is 0. The van der Waals surface area contributed by atoms with Crippen LogP contribution in [0.1, 0.15) is 24.8 Å². The Kier molecular flexibility index (Phi) is 5.15. The fraction of sp³-hybridized carbons (Fsp3) is 0.500. The highest BCUT2D eigenvalue weighted by Gasteiger charge is 2.12. The fourth-order valence-corrected chi connectivity index (χ4v) is 2.16. The summed E-state index contributed by atoms with van der Waals surface area (Å²) < 4.78 is 12.7. The Balaban J connectivity index is 1.65. The summed E-state index contributed by atoms with van der Waals surface area (Å²) in [6.45, 7) is 2.09. The Morgan fingerprint density at radius 2 is 2.05 bits per heavy atom. The molecule has 0 radical (unpaired) electrons. The number of hydrogen-bond donors (Lipinski definition) is 3. The lowest BCUT2D eigenvalue weighted by atomic mass is 10.1. The third-order valence-electron chi connectivity index (χ3n) is 3.29. The van der Waals surface area contributed by atoms with Crippen LogP contribution in [-0.2, 0) is 6.54 Å². The van der Waals surface area contributed by atoms with E-state index in [0.29, 0.717) is 19.1 Å². The zero-order valence-electron chi connectivity index (χ0n) is 10.9. The second-order valence-electron chi connectivity index (χ2n) is 4.84. The van der Waals surface area contributed by atoms with Gasteiger partial charge in [-0.05, 0) is 37.1 Å². The molecule has 2 rings (SSSR count). The minimum absolute atomic E-state index is 0.184. The van der Waals surface area contributed by atoms with Crippen molar-refractivity contribution in [2.24, 2.45) is 0 Å². The summed E-state index contributed by atoms with van der Waals surface area (Å²) in [6, 6.07) is 6.31. The number of carbonyl (C=O) groups excluding carboxylic acids is 1. The Labute approximate surface area is 112 Å². The van der Waals surface area contributed by atoms with E-state index < -0.39 is 0 Å². The Morgan fingerprint density at radius 3 is 2.74 bits per heavy atom. The standard InChI is InChI=1S/C14H20FN3O/c15-12-6-4-11(5-7-12)9-17-14(19)18-10-13-3-1-2-8-16-13/h4-7,13,16H,1-3,8-10H2,(H2,17,18,19). The molecule has 2 amide bonds. The fourth-order valence-electron chi connectivity index (χ4n) is 2.16. The Bertz CT molecular complexity index is 402. The van der Waals surface area contributed by atoms with Gasteiger partial charge in [0.05, 0.1) is 0 Å². The minimum Gasteiger partial charge on any atom is -0.337 e. The van der Waals surface area contributed by atoms with E-state index >= 15 is 0 Å². The van der Waals surface area contributed by atoms with Gasteiger partial charge in [0.25, 0.3) is 0 Å². The number of carbonyl (C=O) groups is 1. The van der Waals surface area contributed by atoms with E-state index in [2.05, 4.69) is 16.0 Å². The quantitative estimate of drug-likeness (QED) is 0.777. The van der Waals surface area contributed by atoms with Gasteiger partial charge >= 0.3 is 6.03 Å². The molecule has 5 heteroatoms. The van der Waals surface area contributed by atoms with Crippen molar-refractivity contribution < 1.29 is 9.18 Å². The van der Waals surface area contributed by atoms with Crippen molar-refractivity contribution in [1.82, 2.24) is 16.0 Å². The summed E-state index contributed by atoms with van der Waals surface area (Å²) in [6.07, 6.45) is 3.54. The Morgan fingerprint density at radius 1 is 1.26 bits per heavy atom. The molecule has 0 saturated carbocycles. The molecule has 1 aromatic carbocycles. The molecule has 19 heavy (non-hydrogen) atoms. The van der Waals surface area contributed by atoms with Crippen LogP contribution >= 0.6 is 0 Å². The highest BCUT2D eigenvalue weighted by Crippen LogP contribution is 2.05. The van der Waals surface area contributed by atoms with Crippen LogP contribution in [-0.4, -0.2) is 25.2 Å². The number of nitrogens with one attached hydrogen (secondary N) is 3. The number of benzene rings is 1. The monoisotopic (exact) mass is 265 g/mol. The van der Waals surface area contributed by atoms with Crippen LogP contribution in [0.2, 0.25) is 0 Å². The van der Waals surface area contributed by atoms with Gasteiger partial charge in [-0.25, -0.2) is 9.18 Å². The second kappa shape index (κ2) is 7.09. The third-order valence-corrected chi connectivity index (χ3v) is 3.29. The van der Waals surface area contributed by atoms with Gasteiger partial charge in [0, 0.05) is 19.1 Å². The molecule has 1 saturated heterocycles. The van der Waals surface area contributed by atoms with E-state index in [9.17, 15) is 9.18 Å². The largest absolute Gasteiger partial charge is 0.337 e. The molecule has 0 bridgehead atoms. The van der Waals surface area contributed by atoms with Crippen molar-refractivity contribution in [3.05, 3.63) is 35.6 Å². The van der Waals surface area contributed by atoms with Crippen LogP contribution < -0.4 is 16.0 Å². The van der Waals surface area contributed by atoms with E-state index in [0.717, 1.165) is 18.5 Å². The molecule has 0 spiro atoms. The number of rotatable bonds is 4. The molecule has 1 atom stereocenters. The molecule has 1 heterocycles. The zero-order chi connectivity index (χ0) is 13.5. The molecule has 1 fully saturated rings. The molecule has 1 aromatic rings. The van der Waals surface area contributed by atoms with E-state index in [1.807, 2.05) is 0 Å². The SMILES string of the molecule is O=C(NCc1ccc(F)cc1)NCC1CCCCN1. The van der Waals surface area contributed by atoms with Gasteiger partial charge in [-0.15, -0.1) is 0 Å². The van der Waals surface area contributed by atoms with Crippen LogP contribution in [0.15, 0.2) is 24.3 Å². The van der Waals surface area contributed by atoms with E-state index in [1.54, 1.807) is 12.1 Å². The predicted molar refractivity (Wildman–Crippen MR) is 72.3 cm³/mol. The predicted octanol–water partition coefficient (Wildman–Crippen LogP) is 1.77. The molecule has 0 aliphatic carbocycles. The van der Waals surface area contributed by atoms with Crippen LogP contribution in [0.25, 0.3) is 0 Å². The van der Waals surface area contributed by atoms with Gasteiger partial charge in [0.2, 0.25) is 0 Å². The first kappa shape index (κ1) is 13.8. The van der Waals surface area contributed by atoms with Crippen molar-refractivity contribution in [3.63, 3.8) is 0 Å². The summed E-state index contributed by atoms with van der Waals surface area (Å²) in [5, 5.41) is 8.98. The maximum absolute atomic E-state index is 12.7. The van der Waals surface area contributed by atoms with Gasteiger partial charge in [0.15, 0.2) is 0 Å². The first-order chi connectivity index (χ1) is 9.24. The summed E-state index contributed by atoms with van der Waals surface area (Å²) in [7, 11) is 0. The van der Waals surface area contributed by atoms with Gasteiger partial charge in [-0.1, -0.05) is 18.6 Å². The minimum atomic E-state index is -0.267. The van der Waals surface area contributed by atoms with Crippen molar-refractivity contribution >= 4 is 6.03 Å². The second-order valence-corrected chi connectivity index (χ2v) is 4.84. The average molecular weight is 265 g/mol. The Hall–Kier alpha value is -1.62. The molecule has 0 aromatic heterocycles. The van der Waals surface area contributed by atoms with E-state index in [-0.39, 0.29) is 11.8 Å². The first-order valence-electron chi connectivity index (χ1n) is 6.73. The molecule has 1 aliphatic heterocycles. The summed E-state index contributed by atoms with van der Waals surface area (Å²) in [5.41, 5.74) is 0.882. The van der Waals surface area contributed by atoms with Crippen molar-refractivity contribution in [2.45, 2.75) is 31.8 Å². The molecular weight excluding hydrogens is 245 g/mol. The number of amides is 2. The highest BCUT2D eigenvalue weighted by molar-refractivity contribution is 5.73. The zero-order valence-corrected chi connectivity index (χ0v) is 10.9. The van der Waals surface area contributed by atoms with Gasteiger partial charge in [0.1, 0.15) is 5.82 Å². The molecule has 104 valence electrons. The topological polar surface area (TPSA) is 53.2 Å². The molecule has 4 nitrogen and oxygen atoms in total. The normalized spacial score (nSPS) is 18.9. The van der Waals surface area contributed by atoms with Crippen molar-refractivity contribution in [1.29, 1.82) is 0 Å². The molecule has 1 unspecified atom stereocenters. The van der Waals surface area contributed by atoms with Crippen LogP contribution in [0.5, 0.6) is 0 Å². The number of piperidine rings is 1. The summed E-state index contributed by atoms with van der Waals surface area (Å²) in [4.78, 5) is 11.6. The number of hydrogen-bond acceptors (Lipinski definition) is 2. The lowest BCUT2D eigenvalue weighted by Gasteiger charge is -2.23. The lowest BCUT2D eigenvalue weighted by Crippen LogP contribution is -2.46. The first-order valence-corrected chi connectivity index (χ1v) is 6.73. The van der Waals surface area contributed by atoms with Crippen LogP contribution in [0.4, 0.5) is 9.18 Å². The third kappa shape index (κ3) is 4.87. The maximum Gasteiger partial charge on any atom is 0.315 e.